The molecule has 0 saturated carbocycles. The van der Waals surface area contributed by atoms with Crippen molar-refractivity contribution in [1.29, 1.82) is 0 Å². The minimum atomic E-state index is -0.984. The highest BCUT2D eigenvalue weighted by Crippen LogP contribution is 2.26. The number of amides is 1. The lowest BCUT2D eigenvalue weighted by molar-refractivity contribution is 0.102. The van der Waals surface area contributed by atoms with Crippen LogP contribution in [-0.2, 0) is 0 Å². The largest absolute Gasteiger partial charge is 0.328 e. The molecule has 0 spiro atoms. The number of benzene rings is 1. The Hall–Kier alpha value is -2.21. The van der Waals surface area contributed by atoms with Crippen LogP contribution in [0.3, 0.4) is 0 Å². The van der Waals surface area contributed by atoms with E-state index in [1.54, 1.807) is 0 Å². The average molecular weight is 285 g/mol. The summed E-state index contributed by atoms with van der Waals surface area (Å²) in [7, 11) is 0. The number of rotatable bonds is 2. The van der Waals surface area contributed by atoms with Gasteiger partial charge in [-0.1, -0.05) is 11.6 Å². The number of aromatic amines is 1. The topological polar surface area (TPSA) is 62.0 Å². The van der Waals surface area contributed by atoms with Crippen LogP contribution in [0.5, 0.6) is 0 Å². The zero-order valence-corrected chi connectivity index (χ0v) is 10.1. The lowest BCUT2D eigenvalue weighted by Crippen LogP contribution is -2.15. The summed E-state index contributed by atoms with van der Waals surface area (Å²) >= 11 is 5.64. The number of pyridine rings is 1. The molecule has 0 bridgehead atoms. The van der Waals surface area contributed by atoms with Crippen molar-refractivity contribution in [3.8, 4) is 0 Å². The van der Waals surface area contributed by atoms with Crippen molar-refractivity contribution < 1.29 is 13.6 Å². The molecule has 4 nitrogen and oxygen atoms in total. The number of nitrogens with one attached hydrogen (secondary N) is 2. The van der Waals surface area contributed by atoms with Gasteiger partial charge in [0.2, 0.25) is 5.56 Å². The van der Waals surface area contributed by atoms with E-state index in [0.717, 1.165) is 12.1 Å². The van der Waals surface area contributed by atoms with Crippen molar-refractivity contribution in [2.24, 2.45) is 0 Å². The molecule has 98 valence electrons. The summed E-state index contributed by atoms with van der Waals surface area (Å²) in [5.74, 6) is -2.50. The minimum Gasteiger partial charge on any atom is -0.328 e. The van der Waals surface area contributed by atoms with Gasteiger partial charge in [-0.05, 0) is 12.1 Å². The first kappa shape index (κ1) is 13.2. The third-order valence-electron chi connectivity index (χ3n) is 2.29. The lowest BCUT2D eigenvalue weighted by Gasteiger charge is -2.08. The number of hydrogen-bond donors (Lipinski definition) is 2. The van der Waals surface area contributed by atoms with E-state index in [1.807, 2.05) is 0 Å². The van der Waals surface area contributed by atoms with Gasteiger partial charge in [0, 0.05) is 18.3 Å². The fourth-order valence-corrected chi connectivity index (χ4v) is 1.64. The van der Waals surface area contributed by atoms with Crippen molar-refractivity contribution in [3.05, 3.63) is 63.0 Å². The Labute approximate surface area is 111 Å². The van der Waals surface area contributed by atoms with E-state index in [4.69, 9.17) is 11.6 Å². The molecule has 1 heterocycles. The van der Waals surface area contributed by atoms with Crippen molar-refractivity contribution in [1.82, 2.24) is 4.98 Å². The predicted octanol–water partition coefficient (Wildman–Crippen LogP) is 2.56. The summed E-state index contributed by atoms with van der Waals surface area (Å²) in [5.41, 5.74) is -0.582. The molecule has 1 amide bonds. The van der Waals surface area contributed by atoms with Crippen LogP contribution >= 0.6 is 11.6 Å². The van der Waals surface area contributed by atoms with Gasteiger partial charge in [0.1, 0.15) is 5.82 Å². The van der Waals surface area contributed by atoms with E-state index < -0.39 is 17.5 Å². The molecule has 0 radical (unpaired) electrons. The van der Waals surface area contributed by atoms with E-state index >= 15 is 0 Å². The van der Waals surface area contributed by atoms with Gasteiger partial charge < -0.3 is 10.3 Å². The Morgan fingerprint density at radius 1 is 1.26 bits per heavy atom. The zero-order valence-electron chi connectivity index (χ0n) is 9.34. The van der Waals surface area contributed by atoms with Crippen LogP contribution in [0, 0.1) is 11.6 Å². The van der Waals surface area contributed by atoms with Gasteiger partial charge >= 0.3 is 0 Å². The second kappa shape index (κ2) is 5.19. The number of aromatic nitrogens is 1. The Bertz CT molecular complexity index is 657. The van der Waals surface area contributed by atoms with E-state index in [0.29, 0.717) is 6.07 Å². The summed E-state index contributed by atoms with van der Waals surface area (Å²) in [6.45, 7) is 0. The SMILES string of the molecule is O=C(Nc1c(F)cc(F)cc1Cl)c1ccc(=O)[nH]c1. The molecule has 0 atom stereocenters. The highest BCUT2D eigenvalue weighted by molar-refractivity contribution is 6.34. The first-order chi connectivity index (χ1) is 8.97. The molecule has 7 heteroatoms. The molecule has 0 aliphatic carbocycles. The van der Waals surface area contributed by atoms with E-state index in [9.17, 15) is 18.4 Å². The second-order valence-electron chi connectivity index (χ2n) is 3.64. The van der Waals surface area contributed by atoms with Crippen LogP contribution in [0.1, 0.15) is 10.4 Å². The first-order valence-electron chi connectivity index (χ1n) is 5.12. The molecule has 0 fully saturated rings. The van der Waals surface area contributed by atoms with Gasteiger partial charge in [-0.3, -0.25) is 9.59 Å². The number of hydrogen-bond acceptors (Lipinski definition) is 2. The molecule has 0 aliphatic rings. The number of H-pyrrole nitrogens is 1. The monoisotopic (exact) mass is 284 g/mol. The van der Waals surface area contributed by atoms with Gasteiger partial charge in [0.15, 0.2) is 5.82 Å². The average Bonchev–Trinajstić information content (AvgIpc) is 2.34. The van der Waals surface area contributed by atoms with Gasteiger partial charge in [-0.2, -0.15) is 0 Å². The molecule has 0 saturated heterocycles. The van der Waals surface area contributed by atoms with Crippen molar-refractivity contribution >= 4 is 23.2 Å². The zero-order chi connectivity index (χ0) is 14.0. The van der Waals surface area contributed by atoms with E-state index in [-0.39, 0.29) is 21.8 Å². The third kappa shape index (κ3) is 2.97. The van der Waals surface area contributed by atoms with Crippen molar-refractivity contribution in [2.75, 3.05) is 5.32 Å². The molecular formula is C12H7ClF2N2O2. The fourth-order valence-electron chi connectivity index (χ4n) is 1.40. The molecule has 1 aromatic carbocycles. The third-order valence-corrected chi connectivity index (χ3v) is 2.59. The maximum absolute atomic E-state index is 13.5. The Morgan fingerprint density at radius 3 is 2.58 bits per heavy atom. The van der Waals surface area contributed by atoms with Gasteiger partial charge in [0.25, 0.3) is 5.91 Å². The molecule has 1 aromatic heterocycles. The first-order valence-corrected chi connectivity index (χ1v) is 5.50. The Balaban J connectivity index is 2.29. The summed E-state index contributed by atoms with van der Waals surface area (Å²) in [6, 6.07) is 3.91. The van der Waals surface area contributed by atoms with E-state index in [1.165, 1.54) is 12.3 Å². The summed E-state index contributed by atoms with van der Waals surface area (Å²) in [5, 5.41) is 1.95. The highest BCUT2D eigenvalue weighted by Gasteiger charge is 2.14. The van der Waals surface area contributed by atoms with Crippen LogP contribution in [0.2, 0.25) is 5.02 Å². The molecule has 2 rings (SSSR count). The fraction of sp³-hybridized carbons (Fsp3) is 0. The van der Waals surface area contributed by atoms with Crippen LogP contribution in [0.4, 0.5) is 14.5 Å². The van der Waals surface area contributed by atoms with Crippen LogP contribution in [0.15, 0.2) is 35.3 Å². The Kier molecular flexibility index (Phi) is 3.62. The highest BCUT2D eigenvalue weighted by atomic mass is 35.5. The standard InChI is InChI=1S/C12H7ClF2N2O2/c13-8-3-7(14)4-9(15)11(8)17-12(19)6-1-2-10(18)16-5-6/h1-5H,(H,16,18)(H,17,19). The number of carbonyl (C=O) groups is 1. The number of carbonyl (C=O) groups excluding carboxylic acids is 1. The number of anilines is 1. The summed E-state index contributed by atoms with van der Waals surface area (Å²) < 4.78 is 26.3. The summed E-state index contributed by atoms with van der Waals surface area (Å²) in [4.78, 5) is 24.9. The quantitative estimate of drug-likeness (QED) is 0.890. The van der Waals surface area contributed by atoms with E-state index in [2.05, 4.69) is 10.3 Å². The van der Waals surface area contributed by atoms with Crippen LogP contribution in [0.25, 0.3) is 0 Å². The minimum absolute atomic E-state index is 0.111. The number of halogens is 3. The molecule has 0 aliphatic heterocycles. The normalized spacial score (nSPS) is 10.3. The maximum atomic E-state index is 13.5. The predicted molar refractivity (Wildman–Crippen MR) is 66.4 cm³/mol. The molecule has 0 unspecified atom stereocenters. The van der Waals surface area contributed by atoms with Gasteiger partial charge in [-0.25, -0.2) is 8.78 Å². The van der Waals surface area contributed by atoms with Gasteiger partial charge in [-0.15, -0.1) is 0 Å². The lowest BCUT2D eigenvalue weighted by atomic mass is 10.2. The molecular weight excluding hydrogens is 278 g/mol. The molecule has 2 aromatic rings. The van der Waals surface area contributed by atoms with Gasteiger partial charge in [0.05, 0.1) is 16.3 Å². The molecule has 19 heavy (non-hydrogen) atoms. The van der Waals surface area contributed by atoms with Crippen LogP contribution in [-0.4, -0.2) is 10.9 Å². The van der Waals surface area contributed by atoms with Crippen LogP contribution < -0.4 is 10.9 Å². The Morgan fingerprint density at radius 2 is 2.00 bits per heavy atom. The van der Waals surface area contributed by atoms with Crippen molar-refractivity contribution in [2.45, 2.75) is 0 Å². The molecule has 2 N–H and O–H groups in total. The maximum Gasteiger partial charge on any atom is 0.257 e. The smallest absolute Gasteiger partial charge is 0.257 e. The van der Waals surface area contributed by atoms with Crippen molar-refractivity contribution in [3.63, 3.8) is 0 Å². The summed E-state index contributed by atoms with van der Waals surface area (Å²) in [6.07, 6.45) is 1.17. The second-order valence-corrected chi connectivity index (χ2v) is 4.05.